The fourth-order valence-corrected chi connectivity index (χ4v) is 2.78. The Bertz CT molecular complexity index is 655. The lowest BCUT2D eigenvalue weighted by atomic mass is 10.1. The lowest BCUT2D eigenvalue weighted by molar-refractivity contribution is -0.862. The zero-order chi connectivity index (χ0) is 19.3. The zero-order valence-corrected chi connectivity index (χ0v) is 16.3. The van der Waals surface area contributed by atoms with Crippen molar-refractivity contribution >= 4 is 11.8 Å². The van der Waals surface area contributed by atoms with Crippen molar-refractivity contribution < 1.29 is 24.0 Å². The Morgan fingerprint density at radius 3 is 2.38 bits per heavy atom. The van der Waals surface area contributed by atoms with E-state index in [9.17, 15) is 9.59 Å². The van der Waals surface area contributed by atoms with Gasteiger partial charge < -0.3 is 25.0 Å². The van der Waals surface area contributed by atoms with Crippen LogP contribution >= 0.6 is 0 Å². The molecular weight excluding hydrogens is 334 g/mol. The van der Waals surface area contributed by atoms with Crippen molar-refractivity contribution in [1.82, 2.24) is 10.6 Å². The molecule has 144 valence electrons. The van der Waals surface area contributed by atoms with Crippen LogP contribution in [0.3, 0.4) is 0 Å². The molecule has 3 N–H and O–H groups in total. The third-order valence-corrected chi connectivity index (χ3v) is 3.88. The first-order valence-corrected chi connectivity index (χ1v) is 8.95. The van der Waals surface area contributed by atoms with Crippen LogP contribution in [-0.4, -0.2) is 50.7 Å². The highest BCUT2D eigenvalue weighted by molar-refractivity contribution is 5.79. The number of hydrogen-bond acceptors (Lipinski definition) is 4. The molecule has 0 aliphatic carbocycles. The van der Waals surface area contributed by atoms with E-state index < -0.39 is 0 Å². The monoisotopic (exact) mass is 364 g/mol. The van der Waals surface area contributed by atoms with Crippen LogP contribution in [0.2, 0.25) is 0 Å². The van der Waals surface area contributed by atoms with E-state index >= 15 is 0 Å². The number of carbonyl (C=O) groups is 2. The second kappa shape index (κ2) is 8.40. The van der Waals surface area contributed by atoms with Gasteiger partial charge in [-0.05, 0) is 45.4 Å². The van der Waals surface area contributed by atoms with E-state index in [-0.39, 0.29) is 36.5 Å². The molecule has 7 heteroatoms. The van der Waals surface area contributed by atoms with Crippen LogP contribution in [0.4, 0.5) is 0 Å². The minimum absolute atomic E-state index is 0.0670. The molecule has 1 aromatic carbocycles. The van der Waals surface area contributed by atoms with E-state index in [4.69, 9.17) is 9.47 Å². The van der Waals surface area contributed by atoms with Gasteiger partial charge in [0, 0.05) is 5.54 Å². The molecule has 0 saturated heterocycles. The Morgan fingerprint density at radius 1 is 1.12 bits per heavy atom. The SMILES string of the molecule is C[C@@H](NC(=O)C[NH+](C)CC(=O)NC(C)(C)C)c1ccc2c(c1)OCCO2. The number of ether oxygens (including phenoxy) is 2. The van der Waals surface area contributed by atoms with E-state index in [1.165, 1.54) is 0 Å². The molecule has 7 nitrogen and oxygen atoms in total. The Hall–Kier alpha value is -2.28. The number of likely N-dealkylation sites (N-methyl/N-ethyl adjacent to an activating group) is 1. The van der Waals surface area contributed by atoms with Gasteiger partial charge in [-0.1, -0.05) is 6.07 Å². The second-order valence-corrected chi connectivity index (χ2v) is 7.80. The highest BCUT2D eigenvalue weighted by Crippen LogP contribution is 2.32. The van der Waals surface area contributed by atoms with Crippen LogP contribution in [0, 0.1) is 0 Å². The molecule has 1 unspecified atom stereocenters. The van der Waals surface area contributed by atoms with E-state index in [1.807, 2.05) is 52.9 Å². The number of amides is 2. The summed E-state index contributed by atoms with van der Waals surface area (Å²) in [7, 11) is 1.83. The van der Waals surface area contributed by atoms with Crippen LogP contribution in [0.1, 0.15) is 39.3 Å². The Balaban J connectivity index is 1.84. The third-order valence-electron chi connectivity index (χ3n) is 3.88. The minimum Gasteiger partial charge on any atom is -0.486 e. The molecule has 2 amide bonds. The maximum atomic E-state index is 12.3. The van der Waals surface area contributed by atoms with Crippen LogP contribution in [0.15, 0.2) is 18.2 Å². The first-order chi connectivity index (χ1) is 12.1. The molecule has 0 spiro atoms. The van der Waals surface area contributed by atoms with Gasteiger partial charge >= 0.3 is 0 Å². The fourth-order valence-electron chi connectivity index (χ4n) is 2.78. The van der Waals surface area contributed by atoms with Gasteiger partial charge in [-0.3, -0.25) is 9.59 Å². The van der Waals surface area contributed by atoms with Crippen molar-refractivity contribution in [2.24, 2.45) is 0 Å². The van der Waals surface area contributed by atoms with Crippen LogP contribution < -0.4 is 25.0 Å². The molecule has 2 atom stereocenters. The predicted molar refractivity (Wildman–Crippen MR) is 98.5 cm³/mol. The Kier molecular flexibility index (Phi) is 6.47. The minimum atomic E-state index is -0.271. The standard InChI is InChI=1S/C19H29N3O4/c1-13(14-6-7-15-16(10-14)26-9-8-25-15)20-17(23)11-22(5)12-18(24)21-19(2,3)4/h6-7,10,13H,8-9,11-12H2,1-5H3,(H,20,23)(H,21,24)/p+1/t13-/m1/s1. The number of carbonyl (C=O) groups excluding carboxylic acids is 2. The van der Waals surface area contributed by atoms with Gasteiger partial charge in [0.2, 0.25) is 0 Å². The zero-order valence-electron chi connectivity index (χ0n) is 16.3. The molecule has 2 rings (SSSR count). The molecule has 0 fully saturated rings. The van der Waals surface area contributed by atoms with Gasteiger partial charge in [-0.15, -0.1) is 0 Å². The Labute approximate surface area is 155 Å². The quantitative estimate of drug-likeness (QED) is 0.667. The van der Waals surface area contributed by atoms with Crippen molar-refractivity contribution in [1.29, 1.82) is 0 Å². The van der Waals surface area contributed by atoms with Gasteiger partial charge in [-0.2, -0.15) is 0 Å². The van der Waals surface area contributed by atoms with E-state index in [2.05, 4.69) is 10.6 Å². The van der Waals surface area contributed by atoms with Crippen molar-refractivity contribution in [3.05, 3.63) is 23.8 Å². The highest BCUT2D eigenvalue weighted by Gasteiger charge is 2.20. The lowest BCUT2D eigenvalue weighted by Crippen LogP contribution is -3.11. The van der Waals surface area contributed by atoms with Gasteiger partial charge in [0.25, 0.3) is 11.8 Å². The molecule has 0 aromatic heterocycles. The summed E-state index contributed by atoms with van der Waals surface area (Å²) in [6.45, 7) is 9.28. The molecule has 26 heavy (non-hydrogen) atoms. The Morgan fingerprint density at radius 2 is 1.73 bits per heavy atom. The maximum Gasteiger partial charge on any atom is 0.275 e. The fraction of sp³-hybridized carbons (Fsp3) is 0.579. The second-order valence-electron chi connectivity index (χ2n) is 7.80. The summed E-state index contributed by atoms with van der Waals surface area (Å²) in [6.07, 6.45) is 0. The normalized spacial score (nSPS) is 15.7. The van der Waals surface area contributed by atoms with Crippen molar-refractivity contribution in [3.8, 4) is 11.5 Å². The van der Waals surface area contributed by atoms with Gasteiger partial charge in [0.05, 0.1) is 13.1 Å². The number of nitrogens with one attached hydrogen (secondary N) is 3. The molecule has 1 aliphatic heterocycles. The summed E-state index contributed by atoms with van der Waals surface area (Å²) in [5.41, 5.74) is 0.678. The van der Waals surface area contributed by atoms with Crippen molar-refractivity contribution in [2.45, 2.75) is 39.3 Å². The highest BCUT2D eigenvalue weighted by atomic mass is 16.6. The molecule has 0 radical (unpaired) electrons. The number of rotatable bonds is 6. The average molecular weight is 364 g/mol. The van der Waals surface area contributed by atoms with E-state index in [1.54, 1.807) is 0 Å². The topological polar surface area (TPSA) is 81.1 Å². The summed E-state index contributed by atoms with van der Waals surface area (Å²) < 4.78 is 11.1. The molecule has 1 aromatic rings. The van der Waals surface area contributed by atoms with Crippen LogP contribution in [0.25, 0.3) is 0 Å². The van der Waals surface area contributed by atoms with Gasteiger partial charge in [0.15, 0.2) is 24.6 Å². The summed E-state index contributed by atoms with van der Waals surface area (Å²) >= 11 is 0. The number of fused-ring (bicyclic) bond motifs is 1. The first-order valence-electron chi connectivity index (χ1n) is 8.95. The number of quaternary nitrogens is 1. The molecular formula is C19H30N3O4+. The van der Waals surface area contributed by atoms with Crippen molar-refractivity contribution in [2.75, 3.05) is 33.4 Å². The number of benzene rings is 1. The predicted octanol–water partition coefficient (Wildman–Crippen LogP) is 0.0644. The first kappa shape index (κ1) is 20.0. The molecule has 0 bridgehead atoms. The third kappa shape index (κ3) is 6.22. The van der Waals surface area contributed by atoms with E-state index in [0.717, 1.165) is 16.2 Å². The van der Waals surface area contributed by atoms with Crippen molar-refractivity contribution in [3.63, 3.8) is 0 Å². The largest absolute Gasteiger partial charge is 0.486 e. The average Bonchev–Trinajstić information content (AvgIpc) is 2.51. The summed E-state index contributed by atoms with van der Waals surface area (Å²) in [6, 6.07) is 5.52. The van der Waals surface area contributed by atoms with Crippen LogP contribution in [0.5, 0.6) is 11.5 Å². The van der Waals surface area contributed by atoms with E-state index in [0.29, 0.717) is 19.0 Å². The van der Waals surface area contributed by atoms with Gasteiger partial charge in [-0.25, -0.2) is 0 Å². The maximum absolute atomic E-state index is 12.3. The van der Waals surface area contributed by atoms with Gasteiger partial charge in [0.1, 0.15) is 13.2 Å². The van der Waals surface area contributed by atoms with Crippen LogP contribution in [-0.2, 0) is 9.59 Å². The smallest absolute Gasteiger partial charge is 0.275 e. The molecule has 0 saturated carbocycles. The molecule has 1 aliphatic rings. The molecule has 1 heterocycles. The lowest BCUT2D eigenvalue weighted by Gasteiger charge is -2.23. The summed E-state index contributed by atoms with van der Waals surface area (Å²) in [5.74, 6) is 1.26. The number of hydrogen-bond donors (Lipinski definition) is 3. The summed E-state index contributed by atoms with van der Waals surface area (Å²) in [5, 5.41) is 5.87. The summed E-state index contributed by atoms with van der Waals surface area (Å²) in [4.78, 5) is 25.0.